The molecule has 3 nitrogen and oxygen atoms in total. The van der Waals surface area contributed by atoms with Gasteiger partial charge in [0.25, 0.3) is 0 Å². The molecule has 1 saturated heterocycles. The molecule has 18 heavy (non-hydrogen) atoms. The summed E-state index contributed by atoms with van der Waals surface area (Å²) in [5.74, 6) is 0. The summed E-state index contributed by atoms with van der Waals surface area (Å²) in [6, 6.07) is 5.01. The van der Waals surface area contributed by atoms with Crippen LogP contribution in [0.3, 0.4) is 0 Å². The number of piperazine rings is 1. The van der Waals surface area contributed by atoms with Crippen molar-refractivity contribution >= 4 is 11.6 Å². The van der Waals surface area contributed by atoms with E-state index < -0.39 is 0 Å². The Hall–Kier alpha value is -0.640. The molecule has 4 heteroatoms. The van der Waals surface area contributed by atoms with Gasteiger partial charge in [-0.15, -0.1) is 0 Å². The maximum Gasteiger partial charge on any atom is 0.0558 e. The second kappa shape index (κ2) is 6.50. The topological polar surface area (TPSA) is 28.2 Å². The molecule has 2 rings (SSSR count). The van der Waals surface area contributed by atoms with Crippen molar-refractivity contribution < 1.29 is 0 Å². The Morgan fingerprint density at radius 2 is 2.28 bits per heavy atom. The van der Waals surface area contributed by atoms with Crippen LogP contribution in [0.4, 0.5) is 0 Å². The van der Waals surface area contributed by atoms with Crippen molar-refractivity contribution in [1.82, 2.24) is 15.2 Å². The van der Waals surface area contributed by atoms with Gasteiger partial charge in [0.1, 0.15) is 0 Å². The first-order valence-electron chi connectivity index (χ1n) is 6.80. The maximum atomic E-state index is 6.02. The molecule has 0 aliphatic carbocycles. The van der Waals surface area contributed by atoms with Crippen LogP contribution < -0.4 is 5.32 Å². The highest BCUT2D eigenvalue weighted by Gasteiger charge is 2.25. The van der Waals surface area contributed by atoms with Crippen LogP contribution in [-0.2, 0) is 6.54 Å². The third kappa shape index (κ3) is 3.44. The van der Waals surface area contributed by atoms with Gasteiger partial charge in [-0.2, -0.15) is 0 Å². The molecule has 0 radical (unpaired) electrons. The normalized spacial score (nSPS) is 25.3. The van der Waals surface area contributed by atoms with E-state index in [1.807, 2.05) is 12.1 Å². The smallest absolute Gasteiger partial charge is 0.0558 e. The minimum Gasteiger partial charge on any atom is -0.311 e. The van der Waals surface area contributed by atoms with Gasteiger partial charge in [-0.1, -0.05) is 25.4 Å². The molecule has 1 fully saturated rings. The lowest BCUT2D eigenvalue weighted by Gasteiger charge is -2.39. The zero-order valence-electron chi connectivity index (χ0n) is 11.2. The SMILES string of the molecule is CCC1CN(Cc2cc(Cl)ccn2)C(CC)CN1. The van der Waals surface area contributed by atoms with E-state index in [1.54, 1.807) is 6.20 Å². The van der Waals surface area contributed by atoms with Crippen molar-refractivity contribution in [2.24, 2.45) is 0 Å². The summed E-state index contributed by atoms with van der Waals surface area (Å²) < 4.78 is 0. The van der Waals surface area contributed by atoms with E-state index in [9.17, 15) is 0 Å². The van der Waals surface area contributed by atoms with Crippen molar-refractivity contribution in [3.05, 3.63) is 29.0 Å². The predicted octanol–water partition coefficient (Wildman–Crippen LogP) is 2.70. The number of pyridine rings is 1. The van der Waals surface area contributed by atoms with Gasteiger partial charge < -0.3 is 5.32 Å². The average molecular weight is 268 g/mol. The largest absolute Gasteiger partial charge is 0.311 e. The van der Waals surface area contributed by atoms with E-state index in [1.165, 1.54) is 12.8 Å². The molecule has 1 aromatic rings. The van der Waals surface area contributed by atoms with Crippen LogP contribution in [0, 0.1) is 0 Å². The fraction of sp³-hybridized carbons (Fsp3) is 0.643. The molecular weight excluding hydrogens is 246 g/mol. The predicted molar refractivity (Wildman–Crippen MR) is 75.8 cm³/mol. The van der Waals surface area contributed by atoms with E-state index >= 15 is 0 Å². The van der Waals surface area contributed by atoms with Gasteiger partial charge >= 0.3 is 0 Å². The summed E-state index contributed by atoms with van der Waals surface area (Å²) in [6.45, 7) is 7.56. The molecule has 1 N–H and O–H groups in total. The Bertz CT molecular complexity index is 383. The number of halogens is 1. The first-order valence-corrected chi connectivity index (χ1v) is 7.18. The van der Waals surface area contributed by atoms with Crippen molar-refractivity contribution in [3.8, 4) is 0 Å². The fourth-order valence-electron chi connectivity index (χ4n) is 2.54. The average Bonchev–Trinajstić information content (AvgIpc) is 2.38. The first-order chi connectivity index (χ1) is 8.72. The fourth-order valence-corrected chi connectivity index (χ4v) is 2.72. The van der Waals surface area contributed by atoms with E-state index in [4.69, 9.17) is 11.6 Å². The van der Waals surface area contributed by atoms with Crippen LogP contribution in [-0.4, -0.2) is 35.1 Å². The Morgan fingerprint density at radius 1 is 1.44 bits per heavy atom. The number of nitrogens with zero attached hydrogens (tertiary/aromatic N) is 2. The number of aromatic nitrogens is 1. The minimum absolute atomic E-state index is 0.604. The van der Waals surface area contributed by atoms with Gasteiger partial charge in [0.05, 0.1) is 5.69 Å². The van der Waals surface area contributed by atoms with Crippen LogP contribution in [0.25, 0.3) is 0 Å². The van der Waals surface area contributed by atoms with Gasteiger partial charge in [-0.3, -0.25) is 9.88 Å². The van der Waals surface area contributed by atoms with Crippen LogP contribution >= 0.6 is 11.6 Å². The summed E-state index contributed by atoms with van der Waals surface area (Å²) in [5.41, 5.74) is 1.07. The standard InChI is InChI=1S/C14H22ClN3/c1-3-12-9-18(14(4-2)8-17-12)10-13-7-11(15)5-6-16-13/h5-7,12,14,17H,3-4,8-10H2,1-2H3. The maximum absolute atomic E-state index is 6.02. The minimum atomic E-state index is 0.604. The molecular formula is C14H22ClN3. The van der Waals surface area contributed by atoms with Crippen molar-refractivity contribution in [1.29, 1.82) is 0 Å². The number of hydrogen-bond donors (Lipinski definition) is 1. The quantitative estimate of drug-likeness (QED) is 0.909. The second-order valence-corrected chi connectivity index (χ2v) is 5.41. The van der Waals surface area contributed by atoms with Crippen molar-refractivity contribution in [3.63, 3.8) is 0 Å². The van der Waals surface area contributed by atoms with E-state index in [0.29, 0.717) is 12.1 Å². The Labute approximate surface area is 115 Å². The zero-order valence-corrected chi connectivity index (χ0v) is 12.0. The summed E-state index contributed by atoms with van der Waals surface area (Å²) in [7, 11) is 0. The van der Waals surface area contributed by atoms with Gasteiger partial charge in [0, 0.05) is 42.9 Å². The van der Waals surface area contributed by atoms with Crippen LogP contribution in [0.5, 0.6) is 0 Å². The van der Waals surface area contributed by atoms with Crippen molar-refractivity contribution in [2.45, 2.75) is 45.3 Å². The van der Waals surface area contributed by atoms with Gasteiger partial charge in [-0.25, -0.2) is 0 Å². The number of rotatable bonds is 4. The molecule has 0 aromatic carbocycles. The molecule has 1 aliphatic rings. The molecule has 2 heterocycles. The third-order valence-electron chi connectivity index (χ3n) is 3.72. The van der Waals surface area contributed by atoms with Crippen LogP contribution in [0.15, 0.2) is 18.3 Å². The zero-order chi connectivity index (χ0) is 13.0. The lowest BCUT2D eigenvalue weighted by molar-refractivity contribution is 0.116. The van der Waals surface area contributed by atoms with E-state index in [0.717, 1.165) is 30.4 Å². The van der Waals surface area contributed by atoms with E-state index in [2.05, 4.69) is 29.0 Å². The molecule has 0 spiro atoms. The van der Waals surface area contributed by atoms with Gasteiger partial charge in [0.2, 0.25) is 0 Å². The highest BCUT2D eigenvalue weighted by Crippen LogP contribution is 2.16. The molecule has 1 aliphatic heterocycles. The molecule has 2 atom stereocenters. The highest BCUT2D eigenvalue weighted by atomic mass is 35.5. The van der Waals surface area contributed by atoms with E-state index in [-0.39, 0.29) is 0 Å². The molecule has 0 saturated carbocycles. The number of hydrogen-bond acceptors (Lipinski definition) is 3. The van der Waals surface area contributed by atoms with Crippen molar-refractivity contribution in [2.75, 3.05) is 13.1 Å². The van der Waals surface area contributed by atoms with Gasteiger partial charge in [0.15, 0.2) is 0 Å². The molecule has 2 unspecified atom stereocenters. The summed E-state index contributed by atoms with van der Waals surface area (Å²) in [5, 5.41) is 4.38. The molecule has 0 bridgehead atoms. The second-order valence-electron chi connectivity index (χ2n) is 4.97. The summed E-state index contributed by atoms with van der Waals surface area (Å²) in [6.07, 6.45) is 4.14. The Balaban J connectivity index is 2.04. The van der Waals surface area contributed by atoms with Gasteiger partial charge in [-0.05, 0) is 25.0 Å². The lowest BCUT2D eigenvalue weighted by atomic mass is 10.0. The monoisotopic (exact) mass is 267 g/mol. The third-order valence-corrected chi connectivity index (χ3v) is 3.96. The Morgan fingerprint density at radius 3 is 2.94 bits per heavy atom. The molecule has 0 amide bonds. The highest BCUT2D eigenvalue weighted by molar-refractivity contribution is 6.30. The first kappa shape index (κ1) is 13.8. The van der Waals surface area contributed by atoms with Crippen LogP contribution in [0.2, 0.25) is 5.02 Å². The summed E-state index contributed by atoms with van der Waals surface area (Å²) >= 11 is 6.02. The lowest BCUT2D eigenvalue weighted by Crippen LogP contribution is -2.55. The number of nitrogens with one attached hydrogen (secondary N) is 1. The summed E-state index contributed by atoms with van der Waals surface area (Å²) in [4.78, 5) is 6.94. The van der Waals surface area contributed by atoms with Crippen LogP contribution in [0.1, 0.15) is 32.4 Å². The molecule has 1 aromatic heterocycles. The molecule has 100 valence electrons. The Kier molecular flexibility index (Phi) is 4.98.